The van der Waals surface area contributed by atoms with Crippen molar-refractivity contribution in [3.8, 4) is 0 Å². The van der Waals surface area contributed by atoms with Gasteiger partial charge in [0.1, 0.15) is 5.52 Å². The molecule has 92 valence electrons. The molecule has 0 bridgehead atoms. The summed E-state index contributed by atoms with van der Waals surface area (Å²) in [7, 11) is 0. The molecule has 0 unspecified atom stereocenters. The lowest BCUT2D eigenvalue weighted by molar-refractivity contribution is 0.541. The average molecular weight is 255 g/mol. The predicted molar refractivity (Wildman–Crippen MR) is 67.5 cm³/mol. The highest BCUT2D eigenvalue weighted by Crippen LogP contribution is 2.19. The molecule has 0 aromatic carbocycles. The summed E-state index contributed by atoms with van der Waals surface area (Å²) in [4.78, 5) is 18.6. The first-order chi connectivity index (χ1) is 8.04. The van der Waals surface area contributed by atoms with Gasteiger partial charge in [-0.3, -0.25) is 14.5 Å². The van der Waals surface area contributed by atoms with Gasteiger partial charge in [0.15, 0.2) is 5.52 Å². The highest BCUT2D eigenvalue weighted by molar-refractivity contribution is 6.28. The van der Waals surface area contributed by atoms with E-state index in [0.29, 0.717) is 11.0 Å². The minimum absolute atomic E-state index is 0.114. The van der Waals surface area contributed by atoms with E-state index in [9.17, 15) is 4.79 Å². The molecule has 0 fully saturated rings. The number of nitrogens with one attached hydrogen (secondary N) is 1. The molecule has 2 rings (SSSR count). The molecule has 0 radical (unpaired) electrons. The molecular weight excluding hydrogens is 240 g/mol. The normalized spacial score (nSPS) is 11.6. The number of aromatic amines is 1. The van der Waals surface area contributed by atoms with Gasteiger partial charge in [0, 0.05) is 6.04 Å². The lowest BCUT2D eigenvalue weighted by Gasteiger charge is -2.05. The zero-order valence-electron chi connectivity index (χ0n) is 10.1. The van der Waals surface area contributed by atoms with Gasteiger partial charge in [0.05, 0.1) is 5.69 Å². The average Bonchev–Trinajstić information content (AvgIpc) is 2.58. The molecule has 17 heavy (non-hydrogen) atoms. The third kappa shape index (κ3) is 2.07. The van der Waals surface area contributed by atoms with Crippen LogP contribution in [0.3, 0.4) is 0 Å². The van der Waals surface area contributed by atoms with Gasteiger partial charge in [-0.25, -0.2) is 4.98 Å². The fourth-order valence-corrected chi connectivity index (χ4v) is 2.03. The van der Waals surface area contributed by atoms with Crippen molar-refractivity contribution in [2.45, 2.75) is 39.7 Å². The van der Waals surface area contributed by atoms with E-state index in [2.05, 4.69) is 22.0 Å². The van der Waals surface area contributed by atoms with Gasteiger partial charge in [-0.05, 0) is 31.9 Å². The van der Waals surface area contributed by atoms with E-state index in [1.165, 1.54) is 0 Å². The van der Waals surface area contributed by atoms with Gasteiger partial charge in [0.2, 0.25) is 5.28 Å². The fourth-order valence-electron chi connectivity index (χ4n) is 1.86. The van der Waals surface area contributed by atoms with Crippen molar-refractivity contribution in [3.63, 3.8) is 0 Å². The van der Waals surface area contributed by atoms with Crippen molar-refractivity contribution >= 4 is 22.6 Å². The van der Waals surface area contributed by atoms with Crippen molar-refractivity contribution in [2.75, 3.05) is 0 Å². The SMILES string of the molecule is CCCc1nn(C(C)C)c2c(=O)[nH]c(Cl)nc12. The molecule has 1 N–H and O–H groups in total. The van der Waals surface area contributed by atoms with Crippen LogP contribution in [0, 0.1) is 0 Å². The fraction of sp³-hybridized carbons (Fsp3) is 0.545. The highest BCUT2D eigenvalue weighted by atomic mass is 35.5. The molecule has 5 nitrogen and oxygen atoms in total. The molecule has 0 saturated heterocycles. The Hall–Kier alpha value is -1.36. The van der Waals surface area contributed by atoms with Gasteiger partial charge in [0.25, 0.3) is 5.56 Å². The number of rotatable bonds is 3. The van der Waals surface area contributed by atoms with Crippen molar-refractivity contribution < 1.29 is 0 Å². The lowest BCUT2D eigenvalue weighted by Crippen LogP contribution is -2.14. The standard InChI is InChI=1S/C11H15ClN4O/c1-4-5-7-8-9(16(15-7)6(2)3)10(17)14-11(12)13-8/h6H,4-5H2,1-3H3,(H,13,14,17). The van der Waals surface area contributed by atoms with Crippen LogP contribution in [0.25, 0.3) is 11.0 Å². The van der Waals surface area contributed by atoms with E-state index >= 15 is 0 Å². The van der Waals surface area contributed by atoms with Gasteiger partial charge >= 0.3 is 0 Å². The molecule has 2 heterocycles. The van der Waals surface area contributed by atoms with E-state index < -0.39 is 0 Å². The summed E-state index contributed by atoms with van der Waals surface area (Å²) < 4.78 is 1.71. The van der Waals surface area contributed by atoms with Crippen molar-refractivity contribution in [3.05, 3.63) is 21.3 Å². The van der Waals surface area contributed by atoms with Gasteiger partial charge < -0.3 is 0 Å². The molecule has 0 saturated carbocycles. The molecule has 0 amide bonds. The third-order valence-electron chi connectivity index (χ3n) is 2.57. The van der Waals surface area contributed by atoms with Crippen molar-refractivity contribution in [1.29, 1.82) is 0 Å². The van der Waals surface area contributed by atoms with Crippen LogP contribution in [0.1, 0.15) is 38.9 Å². The molecule has 0 spiro atoms. The molecule has 0 aliphatic rings. The van der Waals surface area contributed by atoms with Crippen molar-refractivity contribution in [2.24, 2.45) is 0 Å². The van der Waals surface area contributed by atoms with E-state index in [4.69, 9.17) is 11.6 Å². The van der Waals surface area contributed by atoms with Gasteiger partial charge in [-0.1, -0.05) is 13.3 Å². The predicted octanol–water partition coefficient (Wildman–Crippen LogP) is 2.31. The molecule has 0 aliphatic carbocycles. The number of nitrogens with zero attached hydrogens (tertiary/aromatic N) is 3. The number of aromatic nitrogens is 4. The maximum absolute atomic E-state index is 11.9. The maximum Gasteiger partial charge on any atom is 0.278 e. The van der Waals surface area contributed by atoms with Crippen LogP contribution in [0.2, 0.25) is 5.28 Å². The van der Waals surface area contributed by atoms with Crippen LogP contribution >= 0.6 is 11.6 Å². The Bertz CT molecular complexity index is 599. The summed E-state index contributed by atoms with van der Waals surface area (Å²) in [5.41, 5.74) is 1.73. The van der Waals surface area contributed by atoms with Crippen LogP contribution in [-0.4, -0.2) is 19.7 Å². The first-order valence-electron chi connectivity index (χ1n) is 5.71. The first-order valence-corrected chi connectivity index (χ1v) is 6.09. The second-order valence-corrected chi connectivity index (χ2v) is 4.65. The molecule has 2 aromatic heterocycles. The molecule has 0 atom stereocenters. The monoisotopic (exact) mass is 254 g/mol. The summed E-state index contributed by atoms with van der Waals surface area (Å²) in [5.74, 6) is 0. The Morgan fingerprint density at radius 2 is 2.18 bits per heavy atom. The first kappa shape index (κ1) is 12.1. The summed E-state index contributed by atoms with van der Waals surface area (Å²) in [5, 5.41) is 4.57. The molecular formula is C11H15ClN4O. The van der Waals surface area contributed by atoms with Gasteiger partial charge in [-0.2, -0.15) is 5.10 Å². The number of aryl methyl sites for hydroxylation is 1. The molecule has 6 heteroatoms. The van der Waals surface area contributed by atoms with Crippen LogP contribution in [0.5, 0.6) is 0 Å². The summed E-state index contributed by atoms with van der Waals surface area (Å²) in [6, 6.07) is 0.118. The summed E-state index contributed by atoms with van der Waals surface area (Å²) >= 11 is 5.78. The summed E-state index contributed by atoms with van der Waals surface area (Å²) in [6.45, 7) is 6.03. The minimum atomic E-state index is -0.233. The summed E-state index contributed by atoms with van der Waals surface area (Å²) in [6.07, 6.45) is 1.75. The topological polar surface area (TPSA) is 63.6 Å². The van der Waals surface area contributed by atoms with Crippen LogP contribution in [0.4, 0.5) is 0 Å². The van der Waals surface area contributed by atoms with E-state index in [0.717, 1.165) is 18.5 Å². The van der Waals surface area contributed by atoms with Gasteiger partial charge in [-0.15, -0.1) is 0 Å². The van der Waals surface area contributed by atoms with E-state index in [-0.39, 0.29) is 16.9 Å². The van der Waals surface area contributed by atoms with Crippen LogP contribution in [0.15, 0.2) is 4.79 Å². The zero-order chi connectivity index (χ0) is 12.6. The van der Waals surface area contributed by atoms with Crippen LogP contribution in [-0.2, 0) is 6.42 Å². The Morgan fingerprint density at radius 3 is 2.76 bits per heavy atom. The lowest BCUT2D eigenvalue weighted by atomic mass is 10.2. The number of H-pyrrole nitrogens is 1. The smallest absolute Gasteiger partial charge is 0.278 e. The Labute approximate surface area is 104 Å². The Kier molecular flexibility index (Phi) is 3.19. The number of hydrogen-bond donors (Lipinski definition) is 1. The quantitative estimate of drug-likeness (QED) is 0.855. The van der Waals surface area contributed by atoms with Crippen molar-refractivity contribution in [1.82, 2.24) is 19.7 Å². The number of fused-ring (bicyclic) bond motifs is 1. The Balaban J connectivity index is 2.81. The minimum Gasteiger partial charge on any atom is -0.295 e. The second kappa shape index (κ2) is 4.49. The number of halogens is 1. The molecule has 0 aliphatic heterocycles. The Morgan fingerprint density at radius 1 is 1.47 bits per heavy atom. The zero-order valence-corrected chi connectivity index (χ0v) is 10.9. The number of hydrogen-bond acceptors (Lipinski definition) is 3. The highest BCUT2D eigenvalue weighted by Gasteiger charge is 2.17. The van der Waals surface area contributed by atoms with E-state index in [1.807, 2.05) is 13.8 Å². The second-order valence-electron chi connectivity index (χ2n) is 4.29. The largest absolute Gasteiger partial charge is 0.295 e. The van der Waals surface area contributed by atoms with Crippen LogP contribution < -0.4 is 5.56 Å². The molecule has 2 aromatic rings. The van der Waals surface area contributed by atoms with E-state index in [1.54, 1.807) is 4.68 Å². The maximum atomic E-state index is 11.9. The third-order valence-corrected chi connectivity index (χ3v) is 2.75.